The number of benzene rings is 1. The largest absolute Gasteiger partial charge is 0.491 e. The van der Waals surface area contributed by atoms with Gasteiger partial charge in [0.1, 0.15) is 6.29 Å². The average molecular weight is 265 g/mol. The molecule has 0 aliphatic heterocycles. The first kappa shape index (κ1) is 11.1. The van der Waals surface area contributed by atoms with E-state index in [0.29, 0.717) is 6.29 Å². The van der Waals surface area contributed by atoms with E-state index in [0.717, 1.165) is 12.1 Å². The van der Waals surface area contributed by atoms with Crippen molar-refractivity contribution in [3.05, 3.63) is 29.3 Å². The Morgan fingerprint density at radius 2 is 1.93 bits per heavy atom. The number of aldehydes is 1. The van der Waals surface area contributed by atoms with Gasteiger partial charge in [0.15, 0.2) is 17.4 Å². The zero-order valence-electron chi connectivity index (χ0n) is 7.26. The number of carbonyl (C=O) groups excluding carboxylic acids is 1. The lowest BCUT2D eigenvalue weighted by atomic mass is 10.1. The zero-order chi connectivity index (χ0) is 10.7. The maximum Gasteiger partial charge on any atom is 0.190 e. The fourth-order valence-corrected chi connectivity index (χ4v) is 1.28. The van der Waals surface area contributed by atoms with Crippen LogP contribution >= 0.6 is 15.9 Å². The summed E-state index contributed by atoms with van der Waals surface area (Å²) in [6.07, 6.45) is 0.542. The molecule has 1 rings (SSSR count). The van der Waals surface area contributed by atoms with E-state index in [1.807, 2.05) is 0 Å². The molecule has 0 aliphatic carbocycles. The molecule has 14 heavy (non-hydrogen) atoms. The molecule has 0 spiro atoms. The third kappa shape index (κ3) is 2.09. The van der Waals surface area contributed by atoms with Gasteiger partial charge < -0.3 is 9.53 Å². The summed E-state index contributed by atoms with van der Waals surface area (Å²) in [4.78, 5) is 9.65. The Morgan fingerprint density at radius 1 is 1.43 bits per heavy atom. The Labute approximate surface area is 88.0 Å². The lowest BCUT2D eigenvalue weighted by Gasteiger charge is -2.07. The predicted octanol–water partition coefficient (Wildman–Crippen LogP) is 2.61. The van der Waals surface area contributed by atoms with Gasteiger partial charge in [-0.2, -0.15) is 0 Å². The third-order valence-electron chi connectivity index (χ3n) is 1.66. The highest BCUT2D eigenvalue weighted by atomic mass is 79.9. The molecule has 76 valence electrons. The lowest BCUT2D eigenvalue weighted by molar-refractivity contribution is -0.107. The second-order valence-corrected chi connectivity index (χ2v) is 3.54. The molecule has 0 radical (unpaired) electrons. The molecule has 0 bridgehead atoms. The SMILES string of the molecule is COc1c(F)cc(C(Br)C=O)cc1F. The van der Waals surface area contributed by atoms with Crippen LogP contribution in [0.4, 0.5) is 8.78 Å². The molecule has 0 fully saturated rings. The van der Waals surface area contributed by atoms with Gasteiger partial charge in [0.2, 0.25) is 0 Å². The Hall–Kier alpha value is -0.970. The normalized spacial score (nSPS) is 12.3. The van der Waals surface area contributed by atoms with Crippen LogP contribution in [0.2, 0.25) is 0 Å². The van der Waals surface area contributed by atoms with Crippen LogP contribution in [0, 0.1) is 11.6 Å². The smallest absolute Gasteiger partial charge is 0.190 e. The molecule has 0 amide bonds. The summed E-state index contributed by atoms with van der Waals surface area (Å²) in [5, 5.41) is 0. The molecule has 1 atom stereocenters. The molecule has 5 heteroatoms. The predicted molar refractivity (Wildman–Crippen MR) is 50.6 cm³/mol. The van der Waals surface area contributed by atoms with Crippen LogP contribution in [-0.2, 0) is 4.79 Å². The van der Waals surface area contributed by atoms with E-state index in [-0.39, 0.29) is 5.56 Å². The summed E-state index contributed by atoms with van der Waals surface area (Å²) in [5.41, 5.74) is 0.218. The minimum atomic E-state index is -0.825. The number of halogens is 3. The molecular formula is C9H7BrF2O2. The van der Waals surface area contributed by atoms with Crippen molar-refractivity contribution >= 4 is 22.2 Å². The summed E-state index contributed by atoms with van der Waals surface area (Å²) >= 11 is 2.96. The van der Waals surface area contributed by atoms with Crippen molar-refractivity contribution in [3.63, 3.8) is 0 Å². The zero-order valence-corrected chi connectivity index (χ0v) is 8.85. The minimum absolute atomic E-state index is 0.218. The van der Waals surface area contributed by atoms with Crippen LogP contribution in [0.3, 0.4) is 0 Å². The number of hydrogen-bond acceptors (Lipinski definition) is 2. The standard InChI is InChI=1S/C9H7BrF2O2/c1-14-9-7(11)2-5(3-8(9)12)6(10)4-13/h2-4,6H,1H3. The molecule has 1 unspecified atom stereocenters. The highest BCUT2D eigenvalue weighted by molar-refractivity contribution is 9.09. The first-order chi connectivity index (χ1) is 6.60. The number of rotatable bonds is 3. The lowest BCUT2D eigenvalue weighted by Crippen LogP contribution is -1.98. The summed E-state index contributed by atoms with van der Waals surface area (Å²) in [5.74, 6) is -2.10. The van der Waals surface area contributed by atoms with Crippen LogP contribution in [0.15, 0.2) is 12.1 Å². The van der Waals surface area contributed by atoms with E-state index in [1.165, 1.54) is 7.11 Å². The molecular weight excluding hydrogens is 258 g/mol. The van der Waals surface area contributed by atoms with E-state index < -0.39 is 22.2 Å². The van der Waals surface area contributed by atoms with Crippen molar-refractivity contribution in [2.24, 2.45) is 0 Å². The number of ether oxygens (including phenoxy) is 1. The Kier molecular flexibility index (Phi) is 3.57. The number of hydrogen-bond donors (Lipinski definition) is 0. The second kappa shape index (κ2) is 4.50. The number of methoxy groups -OCH3 is 1. The molecule has 0 aliphatic rings. The van der Waals surface area contributed by atoms with Crippen molar-refractivity contribution in [3.8, 4) is 5.75 Å². The minimum Gasteiger partial charge on any atom is -0.491 e. The van der Waals surface area contributed by atoms with Crippen LogP contribution in [0.5, 0.6) is 5.75 Å². The van der Waals surface area contributed by atoms with E-state index in [4.69, 9.17) is 0 Å². The highest BCUT2D eigenvalue weighted by Gasteiger charge is 2.15. The van der Waals surface area contributed by atoms with Crippen molar-refractivity contribution < 1.29 is 18.3 Å². The maximum atomic E-state index is 13.1. The van der Waals surface area contributed by atoms with E-state index in [1.54, 1.807) is 0 Å². The average Bonchev–Trinajstić information content (AvgIpc) is 2.16. The van der Waals surface area contributed by atoms with Crippen LogP contribution in [0.1, 0.15) is 10.4 Å². The van der Waals surface area contributed by atoms with Gasteiger partial charge in [0.05, 0.1) is 11.9 Å². The molecule has 0 aromatic heterocycles. The summed E-state index contributed by atoms with van der Waals surface area (Å²) < 4.78 is 30.7. The Morgan fingerprint density at radius 3 is 2.29 bits per heavy atom. The molecule has 2 nitrogen and oxygen atoms in total. The van der Waals surface area contributed by atoms with Gasteiger partial charge in [-0.1, -0.05) is 15.9 Å². The van der Waals surface area contributed by atoms with E-state index >= 15 is 0 Å². The van der Waals surface area contributed by atoms with Gasteiger partial charge in [-0.05, 0) is 17.7 Å². The van der Waals surface area contributed by atoms with E-state index in [9.17, 15) is 13.6 Å². The van der Waals surface area contributed by atoms with Gasteiger partial charge in [-0.3, -0.25) is 0 Å². The molecule has 1 aromatic rings. The fraction of sp³-hybridized carbons (Fsp3) is 0.222. The van der Waals surface area contributed by atoms with E-state index in [2.05, 4.69) is 20.7 Å². The Balaban J connectivity index is 3.20. The van der Waals surface area contributed by atoms with Gasteiger partial charge in [0.25, 0.3) is 0 Å². The number of carbonyl (C=O) groups is 1. The monoisotopic (exact) mass is 264 g/mol. The maximum absolute atomic E-state index is 13.1. The summed E-state index contributed by atoms with van der Waals surface area (Å²) in [7, 11) is 1.17. The Bertz CT molecular complexity index is 332. The fourth-order valence-electron chi connectivity index (χ4n) is 1.01. The first-order valence-corrected chi connectivity index (χ1v) is 4.64. The third-order valence-corrected chi connectivity index (χ3v) is 2.41. The van der Waals surface area contributed by atoms with Crippen molar-refractivity contribution in [1.82, 2.24) is 0 Å². The summed E-state index contributed by atoms with van der Waals surface area (Å²) in [6.45, 7) is 0. The number of alkyl halides is 1. The van der Waals surface area contributed by atoms with Crippen molar-refractivity contribution in [2.45, 2.75) is 4.83 Å². The van der Waals surface area contributed by atoms with Gasteiger partial charge in [-0.15, -0.1) is 0 Å². The topological polar surface area (TPSA) is 26.3 Å². The first-order valence-electron chi connectivity index (χ1n) is 3.72. The highest BCUT2D eigenvalue weighted by Crippen LogP contribution is 2.28. The van der Waals surface area contributed by atoms with Gasteiger partial charge in [0, 0.05) is 0 Å². The molecule has 0 saturated carbocycles. The molecule has 1 aromatic carbocycles. The molecule has 0 heterocycles. The quantitative estimate of drug-likeness (QED) is 0.620. The van der Waals surface area contributed by atoms with Gasteiger partial charge in [-0.25, -0.2) is 8.78 Å². The molecule has 0 saturated heterocycles. The summed E-state index contributed by atoms with van der Waals surface area (Å²) in [6, 6.07) is 2.10. The van der Waals surface area contributed by atoms with Crippen LogP contribution in [-0.4, -0.2) is 13.4 Å². The van der Waals surface area contributed by atoms with Crippen LogP contribution in [0.25, 0.3) is 0 Å². The van der Waals surface area contributed by atoms with Crippen molar-refractivity contribution in [2.75, 3.05) is 7.11 Å². The molecule has 0 N–H and O–H groups in total. The second-order valence-electron chi connectivity index (χ2n) is 2.56. The van der Waals surface area contributed by atoms with Gasteiger partial charge >= 0.3 is 0 Å². The van der Waals surface area contributed by atoms with Crippen molar-refractivity contribution in [1.29, 1.82) is 0 Å². The van der Waals surface area contributed by atoms with Crippen LogP contribution < -0.4 is 4.74 Å².